The molecule has 0 saturated heterocycles. The summed E-state index contributed by atoms with van der Waals surface area (Å²) >= 11 is 0. The molecule has 0 aliphatic heterocycles. The Morgan fingerprint density at radius 1 is 1.35 bits per heavy atom. The zero-order valence-corrected chi connectivity index (χ0v) is 10.2. The van der Waals surface area contributed by atoms with Crippen LogP contribution in [0.1, 0.15) is 0 Å². The molecule has 0 radical (unpaired) electrons. The second-order valence-corrected chi connectivity index (χ2v) is 4.74. The van der Waals surface area contributed by atoms with E-state index >= 15 is 0 Å². The number of urea groups is 1. The first-order chi connectivity index (χ1) is 7.84. The van der Waals surface area contributed by atoms with E-state index < -0.39 is 16.1 Å². The minimum Gasteiger partial charge on any atom is -0.306 e. The van der Waals surface area contributed by atoms with E-state index in [1.54, 1.807) is 0 Å². The molecule has 2 amide bonds. The van der Waals surface area contributed by atoms with Crippen LogP contribution in [0.5, 0.6) is 0 Å². The van der Waals surface area contributed by atoms with Gasteiger partial charge in [-0.3, -0.25) is 4.84 Å². The van der Waals surface area contributed by atoms with Crippen molar-refractivity contribution in [1.29, 1.82) is 0 Å². The van der Waals surface area contributed by atoms with Crippen LogP contribution < -0.4 is 10.5 Å². The van der Waals surface area contributed by atoms with Crippen molar-refractivity contribution in [2.45, 2.75) is 4.90 Å². The number of anilines is 1. The SMILES string of the molecule is CON(C)C(=O)Nc1ccc(S(N)(=O)=O)cc1. The predicted octanol–water partition coefficient (Wildman–Crippen LogP) is 0.359. The van der Waals surface area contributed by atoms with Crippen LogP contribution in [0.25, 0.3) is 0 Å². The summed E-state index contributed by atoms with van der Waals surface area (Å²) in [4.78, 5) is 16.0. The molecule has 0 aliphatic rings. The lowest BCUT2D eigenvalue weighted by Crippen LogP contribution is -2.30. The highest BCUT2D eigenvalue weighted by Gasteiger charge is 2.10. The van der Waals surface area contributed by atoms with Crippen LogP contribution in [0, 0.1) is 0 Å². The number of benzene rings is 1. The predicted molar refractivity (Wildman–Crippen MR) is 61.6 cm³/mol. The molecule has 1 aromatic carbocycles. The topological polar surface area (TPSA) is 102 Å². The number of nitrogens with zero attached hydrogens (tertiary/aromatic N) is 1. The number of sulfonamides is 1. The molecule has 0 unspecified atom stereocenters. The van der Waals surface area contributed by atoms with Gasteiger partial charge in [0.05, 0.1) is 12.0 Å². The van der Waals surface area contributed by atoms with Crippen molar-refractivity contribution in [1.82, 2.24) is 5.06 Å². The van der Waals surface area contributed by atoms with Crippen LogP contribution in [-0.2, 0) is 14.9 Å². The largest absolute Gasteiger partial charge is 0.345 e. The summed E-state index contributed by atoms with van der Waals surface area (Å²) in [5.74, 6) is 0. The highest BCUT2D eigenvalue weighted by molar-refractivity contribution is 7.89. The van der Waals surface area contributed by atoms with Gasteiger partial charge in [-0.05, 0) is 24.3 Å². The van der Waals surface area contributed by atoms with Crippen LogP contribution >= 0.6 is 0 Å². The zero-order chi connectivity index (χ0) is 13.1. The third kappa shape index (κ3) is 3.70. The lowest BCUT2D eigenvalue weighted by Gasteiger charge is -2.14. The first-order valence-corrected chi connectivity index (χ1v) is 6.11. The number of carbonyl (C=O) groups is 1. The van der Waals surface area contributed by atoms with Gasteiger partial charge < -0.3 is 5.32 Å². The van der Waals surface area contributed by atoms with Crippen LogP contribution in [0.15, 0.2) is 29.2 Å². The Labute approximate surface area is 99.2 Å². The number of carbonyl (C=O) groups excluding carboxylic acids is 1. The number of hydrogen-bond acceptors (Lipinski definition) is 4. The Bertz CT molecular complexity index is 497. The van der Waals surface area contributed by atoms with Crippen molar-refractivity contribution < 1.29 is 18.0 Å². The number of amides is 2. The molecule has 94 valence electrons. The van der Waals surface area contributed by atoms with E-state index in [0.717, 1.165) is 5.06 Å². The van der Waals surface area contributed by atoms with E-state index in [9.17, 15) is 13.2 Å². The average Bonchev–Trinajstić information content (AvgIpc) is 2.27. The van der Waals surface area contributed by atoms with Crippen molar-refractivity contribution in [2.24, 2.45) is 5.14 Å². The number of nitrogens with one attached hydrogen (secondary N) is 1. The molecule has 0 atom stereocenters. The zero-order valence-electron chi connectivity index (χ0n) is 9.38. The van der Waals surface area contributed by atoms with Crippen LogP contribution in [0.3, 0.4) is 0 Å². The van der Waals surface area contributed by atoms with E-state index in [2.05, 4.69) is 10.2 Å². The maximum absolute atomic E-state index is 11.4. The fraction of sp³-hybridized carbons (Fsp3) is 0.222. The quantitative estimate of drug-likeness (QED) is 0.765. The summed E-state index contributed by atoms with van der Waals surface area (Å²) in [5, 5.41) is 8.43. The van der Waals surface area contributed by atoms with Gasteiger partial charge >= 0.3 is 6.03 Å². The van der Waals surface area contributed by atoms with E-state index in [1.165, 1.54) is 38.4 Å². The lowest BCUT2D eigenvalue weighted by molar-refractivity contribution is -0.0598. The van der Waals surface area contributed by atoms with Gasteiger partial charge in [0, 0.05) is 12.7 Å². The van der Waals surface area contributed by atoms with Crippen molar-refractivity contribution in [3.63, 3.8) is 0 Å². The van der Waals surface area contributed by atoms with Gasteiger partial charge in [-0.1, -0.05) is 0 Å². The summed E-state index contributed by atoms with van der Waals surface area (Å²) in [6.07, 6.45) is 0. The molecule has 0 heterocycles. The Hall–Kier alpha value is -1.64. The van der Waals surface area contributed by atoms with Crippen LogP contribution in [0.4, 0.5) is 10.5 Å². The molecule has 1 rings (SSSR count). The van der Waals surface area contributed by atoms with Gasteiger partial charge in [0.1, 0.15) is 0 Å². The number of rotatable bonds is 3. The van der Waals surface area contributed by atoms with Crippen molar-refractivity contribution >= 4 is 21.7 Å². The van der Waals surface area contributed by atoms with Gasteiger partial charge in [-0.15, -0.1) is 0 Å². The highest BCUT2D eigenvalue weighted by atomic mass is 32.2. The van der Waals surface area contributed by atoms with Crippen LogP contribution in [0.2, 0.25) is 0 Å². The van der Waals surface area contributed by atoms with E-state index in [1.807, 2.05) is 0 Å². The maximum Gasteiger partial charge on any atom is 0.345 e. The standard InChI is InChI=1S/C9H13N3O4S/c1-12(16-2)9(13)11-7-3-5-8(6-4-7)17(10,14)15/h3-6H,1-2H3,(H,11,13)(H2,10,14,15). The van der Waals surface area contributed by atoms with Gasteiger partial charge in [-0.2, -0.15) is 0 Å². The summed E-state index contributed by atoms with van der Waals surface area (Å²) in [5.41, 5.74) is 0.436. The molecule has 8 heteroatoms. The molecular weight excluding hydrogens is 246 g/mol. The Morgan fingerprint density at radius 3 is 2.29 bits per heavy atom. The molecule has 0 aliphatic carbocycles. The fourth-order valence-corrected chi connectivity index (χ4v) is 1.53. The molecule has 17 heavy (non-hydrogen) atoms. The summed E-state index contributed by atoms with van der Waals surface area (Å²) in [6.45, 7) is 0. The molecule has 0 saturated carbocycles. The van der Waals surface area contributed by atoms with Gasteiger partial charge in [-0.25, -0.2) is 23.4 Å². The third-order valence-corrected chi connectivity index (χ3v) is 2.92. The molecule has 0 fully saturated rings. The van der Waals surface area contributed by atoms with Gasteiger partial charge in [0.25, 0.3) is 0 Å². The fourth-order valence-electron chi connectivity index (χ4n) is 1.01. The smallest absolute Gasteiger partial charge is 0.306 e. The molecular formula is C9H13N3O4S. The molecule has 3 N–H and O–H groups in total. The summed E-state index contributed by atoms with van der Waals surface area (Å²) < 4.78 is 22.0. The molecule has 0 aromatic heterocycles. The third-order valence-electron chi connectivity index (χ3n) is 1.99. The van der Waals surface area contributed by atoms with E-state index in [0.29, 0.717) is 5.69 Å². The maximum atomic E-state index is 11.4. The molecule has 1 aromatic rings. The molecule has 0 bridgehead atoms. The normalized spacial score (nSPS) is 11.0. The number of hydroxylamine groups is 2. The van der Waals surface area contributed by atoms with Gasteiger partial charge in [0.15, 0.2) is 0 Å². The number of hydrogen-bond donors (Lipinski definition) is 2. The minimum atomic E-state index is -3.72. The second-order valence-electron chi connectivity index (χ2n) is 3.18. The lowest BCUT2D eigenvalue weighted by atomic mass is 10.3. The van der Waals surface area contributed by atoms with Crippen molar-refractivity contribution in [3.8, 4) is 0 Å². The first-order valence-electron chi connectivity index (χ1n) is 4.56. The van der Waals surface area contributed by atoms with E-state index in [4.69, 9.17) is 5.14 Å². The monoisotopic (exact) mass is 259 g/mol. The van der Waals surface area contributed by atoms with E-state index in [-0.39, 0.29) is 4.90 Å². The van der Waals surface area contributed by atoms with Crippen LogP contribution in [-0.4, -0.2) is 33.7 Å². The van der Waals surface area contributed by atoms with Crippen molar-refractivity contribution in [2.75, 3.05) is 19.5 Å². The van der Waals surface area contributed by atoms with Crippen molar-refractivity contribution in [3.05, 3.63) is 24.3 Å². The Balaban J connectivity index is 2.79. The Kier molecular flexibility index (Phi) is 4.05. The second kappa shape index (κ2) is 5.13. The highest BCUT2D eigenvalue weighted by Crippen LogP contribution is 2.12. The average molecular weight is 259 g/mol. The summed E-state index contributed by atoms with van der Waals surface area (Å²) in [7, 11) is -0.927. The molecule has 7 nitrogen and oxygen atoms in total. The number of nitrogens with two attached hydrogens (primary N) is 1. The summed E-state index contributed by atoms with van der Waals surface area (Å²) in [6, 6.07) is 4.99. The minimum absolute atomic E-state index is 0.0180. The molecule has 0 spiro atoms. The first kappa shape index (κ1) is 13.4. The number of primary sulfonamides is 1. The Morgan fingerprint density at radius 2 is 1.88 bits per heavy atom. The van der Waals surface area contributed by atoms with Gasteiger partial charge in [0.2, 0.25) is 10.0 Å².